The van der Waals surface area contributed by atoms with Crippen LogP contribution in [0.5, 0.6) is 0 Å². The Kier molecular flexibility index (Phi) is 12.8. The third-order valence-electron chi connectivity index (χ3n) is 7.16. The van der Waals surface area contributed by atoms with Crippen LogP contribution in [-0.4, -0.2) is 54.1 Å². The number of benzene rings is 1. The van der Waals surface area contributed by atoms with Gasteiger partial charge in [-0.15, -0.1) is 12.3 Å². The van der Waals surface area contributed by atoms with Crippen molar-refractivity contribution in [2.24, 2.45) is 17.1 Å². The molecule has 0 fully saturated rings. The van der Waals surface area contributed by atoms with Gasteiger partial charge in [0, 0.05) is 43.6 Å². The number of unbranched alkanes of at least 4 members (excludes halogenated alkanes) is 2. The number of aliphatic hydroxyl groups excluding tert-OH is 1. The molecule has 2 amide bonds. The molecule has 0 bridgehead atoms. The van der Waals surface area contributed by atoms with Crippen molar-refractivity contribution in [1.29, 1.82) is 0 Å². The Morgan fingerprint density at radius 2 is 1.82 bits per heavy atom. The predicted octanol–water partition coefficient (Wildman–Crippen LogP) is 4.27. The average Bonchev–Trinajstić information content (AvgIpc) is 2.87. The Balaban J connectivity index is 2.46. The number of nitrogens with zero attached hydrogens (tertiary/aromatic N) is 1. The largest absolute Gasteiger partial charge is 0.391 e. The number of primary amides is 1. The van der Waals surface area contributed by atoms with Crippen LogP contribution in [-0.2, 0) is 16.0 Å². The van der Waals surface area contributed by atoms with Crippen LogP contribution in [0.25, 0.3) is 0 Å². The molecular weight excluding hydrogens is 500 g/mol. The van der Waals surface area contributed by atoms with E-state index in [1.807, 2.05) is 13.8 Å². The van der Waals surface area contributed by atoms with E-state index in [1.54, 1.807) is 24.0 Å². The second-order valence-corrected chi connectivity index (χ2v) is 10.5. The van der Waals surface area contributed by atoms with Crippen LogP contribution in [0.15, 0.2) is 41.5 Å². The first kappa shape index (κ1) is 32.2. The molecule has 1 aliphatic rings. The summed E-state index contributed by atoms with van der Waals surface area (Å²) in [6.07, 6.45) is 11.5. The van der Waals surface area contributed by atoms with Crippen LogP contribution in [0.1, 0.15) is 64.9 Å². The number of nitrogens with two attached hydrogens (primary N) is 1. The highest BCUT2D eigenvalue weighted by Crippen LogP contribution is 2.44. The van der Waals surface area contributed by atoms with Crippen molar-refractivity contribution in [3.8, 4) is 12.3 Å². The van der Waals surface area contributed by atoms with Crippen molar-refractivity contribution in [2.45, 2.75) is 71.8 Å². The fourth-order valence-electron chi connectivity index (χ4n) is 5.43. The first-order chi connectivity index (χ1) is 18.6. The minimum Gasteiger partial charge on any atom is -0.391 e. The van der Waals surface area contributed by atoms with Crippen molar-refractivity contribution in [3.05, 3.63) is 58.7 Å². The zero-order valence-electron chi connectivity index (χ0n) is 23.4. The number of allylic oxidation sites excluding steroid dienone is 2. The van der Waals surface area contributed by atoms with Gasteiger partial charge in [-0.3, -0.25) is 9.59 Å². The summed E-state index contributed by atoms with van der Waals surface area (Å²) < 4.78 is 28.2. The van der Waals surface area contributed by atoms with E-state index in [9.17, 15) is 23.5 Å². The van der Waals surface area contributed by atoms with Crippen LogP contribution < -0.4 is 11.1 Å². The molecule has 4 N–H and O–H groups in total. The molecule has 2 rings (SSSR count). The van der Waals surface area contributed by atoms with Gasteiger partial charge in [0.2, 0.25) is 11.8 Å². The van der Waals surface area contributed by atoms with Gasteiger partial charge in [0.05, 0.1) is 11.5 Å². The zero-order valence-corrected chi connectivity index (χ0v) is 23.4. The lowest BCUT2D eigenvalue weighted by atomic mass is 9.63. The van der Waals surface area contributed by atoms with Crippen molar-refractivity contribution in [2.75, 3.05) is 26.2 Å². The van der Waals surface area contributed by atoms with Crippen molar-refractivity contribution in [3.63, 3.8) is 0 Å². The quantitative estimate of drug-likeness (QED) is 0.214. The lowest BCUT2D eigenvalue weighted by Gasteiger charge is -2.42. The van der Waals surface area contributed by atoms with E-state index in [1.165, 1.54) is 12.1 Å². The van der Waals surface area contributed by atoms with E-state index in [-0.39, 0.29) is 25.3 Å². The second kappa shape index (κ2) is 15.5. The van der Waals surface area contributed by atoms with Gasteiger partial charge in [0.15, 0.2) is 0 Å². The Hall–Kier alpha value is -3.02. The Bertz CT molecular complexity index is 1070. The average molecular weight is 544 g/mol. The maximum absolute atomic E-state index is 14.1. The molecule has 0 radical (unpaired) electrons. The number of amides is 2. The maximum Gasteiger partial charge on any atom is 0.249 e. The number of nitrogens with one attached hydrogen (secondary N) is 1. The molecule has 214 valence electrons. The van der Waals surface area contributed by atoms with Crippen molar-refractivity contribution < 1.29 is 23.5 Å². The number of terminal acetylenes is 1. The van der Waals surface area contributed by atoms with E-state index in [2.05, 4.69) is 11.2 Å². The van der Waals surface area contributed by atoms with Crippen molar-refractivity contribution >= 4 is 11.8 Å². The summed E-state index contributed by atoms with van der Waals surface area (Å²) >= 11 is 0. The lowest BCUT2D eigenvalue weighted by Crippen LogP contribution is -2.52. The van der Waals surface area contributed by atoms with Gasteiger partial charge < -0.3 is 21.1 Å². The Morgan fingerprint density at radius 3 is 2.38 bits per heavy atom. The monoisotopic (exact) mass is 543 g/mol. The number of aliphatic hydroxyl groups is 1. The molecule has 0 aliphatic heterocycles. The van der Waals surface area contributed by atoms with E-state index in [4.69, 9.17) is 12.2 Å². The summed E-state index contributed by atoms with van der Waals surface area (Å²) in [5.41, 5.74) is 5.99. The predicted molar refractivity (Wildman–Crippen MR) is 150 cm³/mol. The third-order valence-corrected chi connectivity index (χ3v) is 7.16. The van der Waals surface area contributed by atoms with Gasteiger partial charge in [-0.25, -0.2) is 8.78 Å². The SMILES string of the molecule is C#CCCCCNC[C@H](O)[C@@H](Cc1cc(F)cc(F)c1)C1(C(N)=O)C=C(C)C=C(C(=O)N(CCC)CCC)C1. The van der Waals surface area contributed by atoms with Crippen LogP contribution in [0.2, 0.25) is 0 Å². The molecule has 0 heterocycles. The molecule has 1 aromatic carbocycles. The van der Waals surface area contributed by atoms with Crippen molar-refractivity contribution in [1.82, 2.24) is 10.2 Å². The van der Waals surface area contributed by atoms with E-state index in [0.29, 0.717) is 42.8 Å². The number of halogens is 2. The first-order valence-corrected chi connectivity index (χ1v) is 13.8. The fraction of sp³-hybridized carbons (Fsp3) is 0.548. The number of hydrogen-bond acceptors (Lipinski definition) is 4. The summed E-state index contributed by atoms with van der Waals surface area (Å²) in [5.74, 6) is -0.640. The van der Waals surface area contributed by atoms with Gasteiger partial charge in [0.1, 0.15) is 11.6 Å². The number of hydrogen-bond donors (Lipinski definition) is 3. The van der Waals surface area contributed by atoms with Gasteiger partial charge in [-0.05, 0) is 69.7 Å². The summed E-state index contributed by atoms with van der Waals surface area (Å²) in [6.45, 7) is 7.66. The lowest BCUT2D eigenvalue weighted by molar-refractivity contribution is -0.132. The first-order valence-electron chi connectivity index (χ1n) is 13.8. The molecular formula is C31H43F2N3O3. The molecule has 3 atom stereocenters. The summed E-state index contributed by atoms with van der Waals surface area (Å²) in [4.78, 5) is 28.6. The maximum atomic E-state index is 14.1. The number of rotatable bonds is 16. The number of carbonyl (C=O) groups is 2. The summed E-state index contributed by atoms with van der Waals surface area (Å²) in [7, 11) is 0. The van der Waals surface area contributed by atoms with Crippen LogP contribution in [0, 0.1) is 35.3 Å². The molecule has 0 saturated carbocycles. The molecule has 0 aromatic heterocycles. The molecule has 1 unspecified atom stereocenters. The van der Waals surface area contributed by atoms with Gasteiger partial charge in [-0.2, -0.15) is 0 Å². The van der Waals surface area contributed by atoms with Crippen LogP contribution in [0.3, 0.4) is 0 Å². The third kappa shape index (κ3) is 9.01. The molecule has 6 nitrogen and oxygen atoms in total. The standard InChI is InChI=1S/C31H43F2N3O3/c1-5-8-9-10-11-35-21-28(37)27(17-23-15-25(32)18-26(33)16-23)31(30(34)39)19-22(4)14-24(20-31)29(38)36(12-6-2)13-7-3/h1,14-16,18-19,27-28,35,37H,6-13,17,20-21H2,2-4H3,(H2,34,39)/t27-,28+,31?/m1/s1. The van der Waals surface area contributed by atoms with Crippen LogP contribution in [0.4, 0.5) is 8.78 Å². The fourth-order valence-corrected chi connectivity index (χ4v) is 5.43. The van der Waals surface area contributed by atoms with Crippen LogP contribution >= 0.6 is 0 Å². The van der Waals surface area contributed by atoms with Gasteiger partial charge in [0.25, 0.3) is 0 Å². The second-order valence-electron chi connectivity index (χ2n) is 10.5. The van der Waals surface area contributed by atoms with Gasteiger partial charge >= 0.3 is 0 Å². The molecule has 1 aromatic rings. The highest BCUT2D eigenvalue weighted by molar-refractivity contribution is 5.96. The minimum atomic E-state index is -1.44. The van der Waals surface area contributed by atoms with E-state index < -0.39 is 35.0 Å². The van der Waals surface area contributed by atoms with E-state index in [0.717, 1.165) is 31.7 Å². The highest BCUT2D eigenvalue weighted by atomic mass is 19.1. The molecule has 1 aliphatic carbocycles. The zero-order chi connectivity index (χ0) is 29.0. The minimum absolute atomic E-state index is 0.00979. The molecule has 39 heavy (non-hydrogen) atoms. The Labute approximate surface area is 231 Å². The van der Waals surface area contributed by atoms with Gasteiger partial charge in [-0.1, -0.05) is 31.6 Å². The molecule has 8 heteroatoms. The molecule has 0 saturated heterocycles. The summed E-state index contributed by atoms with van der Waals surface area (Å²) in [6, 6.07) is 3.16. The summed E-state index contributed by atoms with van der Waals surface area (Å²) in [5, 5.41) is 14.6. The molecule has 0 spiro atoms. The van der Waals surface area contributed by atoms with E-state index >= 15 is 0 Å². The number of carbonyl (C=O) groups excluding carboxylic acids is 2. The topological polar surface area (TPSA) is 95.7 Å². The smallest absolute Gasteiger partial charge is 0.249 e. The highest BCUT2D eigenvalue weighted by Gasteiger charge is 2.48. The normalized spacial score (nSPS) is 18.5. The Morgan fingerprint density at radius 1 is 1.18 bits per heavy atom.